The smallest absolute Gasteiger partial charge is 0.124 e. The Balaban J connectivity index is 1.98. The van der Waals surface area contributed by atoms with E-state index in [-0.39, 0.29) is 0 Å². The maximum Gasteiger partial charge on any atom is 0.124 e. The molecule has 0 aliphatic heterocycles. The Labute approximate surface area is 123 Å². The molecule has 2 rings (SSSR count). The van der Waals surface area contributed by atoms with E-state index in [0.717, 1.165) is 18.3 Å². The molecule has 112 valence electrons. The molecule has 0 bridgehead atoms. The van der Waals surface area contributed by atoms with Gasteiger partial charge in [-0.25, -0.2) is 0 Å². The molecule has 3 unspecified atom stereocenters. The predicted octanol–water partition coefficient (Wildman–Crippen LogP) is 4.70. The van der Waals surface area contributed by atoms with Crippen LogP contribution >= 0.6 is 0 Å². The molecule has 1 N–H and O–H groups in total. The Kier molecular flexibility index (Phi) is 5.90. The van der Waals surface area contributed by atoms with Crippen molar-refractivity contribution in [3.63, 3.8) is 0 Å². The predicted molar refractivity (Wildman–Crippen MR) is 85.2 cm³/mol. The summed E-state index contributed by atoms with van der Waals surface area (Å²) in [6, 6.07) is 9.43. The molecule has 2 heteroatoms. The third-order valence-corrected chi connectivity index (χ3v) is 4.43. The van der Waals surface area contributed by atoms with Gasteiger partial charge in [-0.1, -0.05) is 38.0 Å². The largest absolute Gasteiger partial charge is 0.494 e. The van der Waals surface area contributed by atoms with Crippen molar-refractivity contribution < 1.29 is 4.74 Å². The van der Waals surface area contributed by atoms with Crippen molar-refractivity contribution in [2.24, 2.45) is 5.92 Å². The van der Waals surface area contributed by atoms with Crippen molar-refractivity contribution in [3.8, 4) is 5.75 Å². The number of benzene rings is 1. The quantitative estimate of drug-likeness (QED) is 0.786. The van der Waals surface area contributed by atoms with E-state index < -0.39 is 0 Å². The van der Waals surface area contributed by atoms with Gasteiger partial charge in [0.15, 0.2) is 0 Å². The van der Waals surface area contributed by atoms with Crippen LogP contribution in [0.5, 0.6) is 5.75 Å². The first-order chi connectivity index (χ1) is 9.70. The molecule has 0 heterocycles. The topological polar surface area (TPSA) is 21.3 Å². The standard InChI is InChI=1S/C18H29NO/c1-4-20-18-11-6-5-10-17(18)15(3)19-16-9-7-8-14(2)12-13-16/h5-6,10-11,14-16,19H,4,7-9,12-13H2,1-3H3. The van der Waals surface area contributed by atoms with Crippen LogP contribution in [0, 0.1) is 5.92 Å². The number of ether oxygens (including phenoxy) is 1. The lowest BCUT2D eigenvalue weighted by Gasteiger charge is -2.24. The second-order valence-corrected chi connectivity index (χ2v) is 6.17. The van der Waals surface area contributed by atoms with Crippen LogP contribution < -0.4 is 10.1 Å². The zero-order chi connectivity index (χ0) is 14.4. The molecule has 1 aliphatic rings. The third kappa shape index (κ3) is 4.24. The van der Waals surface area contributed by atoms with E-state index in [1.807, 2.05) is 6.92 Å². The summed E-state index contributed by atoms with van der Waals surface area (Å²) in [7, 11) is 0. The van der Waals surface area contributed by atoms with E-state index in [9.17, 15) is 0 Å². The molecule has 0 amide bonds. The molecule has 20 heavy (non-hydrogen) atoms. The van der Waals surface area contributed by atoms with Gasteiger partial charge in [-0.15, -0.1) is 0 Å². The second-order valence-electron chi connectivity index (χ2n) is 6.17. The van der Waals surface area contributed by atoms with Crippen molar-refractivity contribution in [2.75, 3.05) is 6.61 Å². The molecule has 0 aromatic heterocycles. The van der Waals surface area contributed by atoms with Gasteiger partial charge in [0.25, 0.3) is 0 Å². The molecule has 1 saturated carbocycles. The molecule has 3 atom stereocenters. The van der Waals surface area contributed by atoms with Crippen LogP contribution in [0.2, 0.25) is 0 Å². The summed E-state index contributed by atoms with van der Waals surface area (Å²) in [5.41, 5.74) is 1.28. The van der Waals surface area contributed by atoms with Gasteiger partial charge in [0.1, 0.15) is 5.75 Å². The van der Waals surface area contributed by atoms with Crippen LogP contribution in [-0.2, 0) is 0 Å². The summed E-state index contributed by atoms with van der Waals surface area (Å²) in [5, 5.41) is 3.81. The Bertz CT molecular complexity index is 404. The second kappa shape index (κ2) is 7.68. The first kappa shape index (κ1) is 15.4. The summed E-state index contributed by atoms with van der Waals surface area (Å²) in [5.74, 6) is 1.92. The van der Waals surface area contributed by atoms with Gasteiger partial charge in [-0.05, 0) is 45.1 Å². The number of hydrogen-bond donors (Lipinski definition) is 1. The van der Waals surface area contributed by atoms with E-state index in [1.165, 1.54) is 37.7 Å². The molecule has 0 spiro atoms. The Hall–Kier alpha value is -1.02. The van der Waals surface area contributed by atoms with Crippen LogP contribution in [0.1, 0.15) is 64.5 Å². The fraction of sp³-hybridized carbons (Fsp3) is 0.667. The van der Waals surface area contributed by atoms with Crippen LogP contribution in [0.3, 0.4) is 0 Å². The van der Waals surface area contributed by atoms with Gasteiger partial charge >= 0.3 is 0 Å². The van der Waals surface area contributed by atoms with E-state index in [0.29, 0.717) is 12.1 Å². The molecule has 1 aromatic rings. The molecule has 0 saturated heterocycles. The van der Waals surface area contributed by atoms with Gasteiger partial charge in [0.05, 0.1) is 6.61 Å². The van der Waals surface area contributed by atoms with E-state index >= 15 is 0 Å². The van der Waals surface area contributed by atoms with Crippen molar-refractivity contribution in [1.82, 2.24) is 5.32 Å². The fourth-order valence-electron chi connectivity index (χ4n) is 3.22. The SMILES string of the molecule is CCOc1ccccc1C(C)NC1CCCC(C)CC1. The summed E-state index contributed by atoms with van der Waals surface area (Å²) in [6.07, 6.45) is 6.73. The third-order valence-electron chi connectivity index (χ3n) is 4.43. The maximum atomic E-state index is 5.75. The van der Waals surface area contributed by atoms with Gasteiger partial charge in [-0.3, -0.25) is 0 Å². The lowest BCUT2D eigenvalue weighted by molar-refractivity contribution is 0.328. The van der Waals surface area contributed by atoms with Crippen molar-refractivity contribution in [3.05, 3.63) is 29.8 Å². The van der Waals surface area contributed by atoms with Gasteiger partial charge < -0.3 is 10.1 Å². The zero-order valence-electron chi connectivity index (χ0n) is 13.2. The first-order valence-electron chi connectivity index (χ1n) is 8.18. The summed E-state index contributed by atoms with van der Waals surface area (Å²) in [4.78, 5) is 0. The van der Waals surface area contributed by atoms with Crippen molar-refractivity contribution in [2.45, 2.75) is 65.0 Å². The zero-order valence-corrected chi connectivity index (χ0v) is 13.2. The number of nitrogens with one attached hydrogen (secondary N) is 1. The highest BCUT2D eigenvalue weighted by Gasteiger charge is 2.19. The van der Waals surface area contributed by atoms with Crippen molar-refractivity contribution >= 4 is 0 Å². The average molecular weight is 275 g/mol. The molecular formula is C18H29NO. The van der Waals surface area contributed by atoms with E-state index in [1.54, 1.807) is 0 Å². The lowest BCUT2D eigenvalue weighted by Crippen LogP contribution is -2.31. The minimum absolute atomic E-state index is 0.358. The lowest BCUT2D eigenvalue weighted by atomic mass is 10.0. The summed E-state index contributed by atoms with van der Waals surface area (Å²) < 4.78 is 5.75. The molecule has 1 aromatic carbocycles. The monoisotopic (exact) mass is 275 g/mol. The highest BCUT2D eigenvalue weighted by molar-refractivity contribution is 5.35. The highest BCUT2D eigenvalue weighted by atomic mass is 16.5. The van der Waals surface area contributed by atoms with Crippen LogP contribution in [0.25, 0.3) is 0 Å². The van der Waals surface area contributed by atoms with Crippen LogP contribution in [-0.4, -0.2) is 12.6 Å². The van der Waals surface area contributed by atoms with Gasteiger partial charge in [-0.2, -0.15) is 0 Å². The normalized spacial score (nSPS) is 24.9. The Morgan fingerprint density at radius 1 is 1.20 bits per heavy atom. The minimum atomic E-state index is 0.358. The Morgan fingerprint density at radius 3 is 2.80 bits per heavy atom. The maximum absolute atomic E-state index is 5.75. The molecule has 0 radical (unpaired) electrons. The number of para-hydroxylation sites is 1. The van der Waals surface area contributed by atoms with E-state index in [2.05, 4.69) is 43.4 Å². The number of hydrogen-bond acceptors (Lipinski definition) is 2. The first-order valence-corrected chi connectivity index (χ1v) is 8.18. The van der Waals surface area contributed by atoms with E-state index in [4.69, 9.17) is 4.74 Å². The Morgan fingerprint density at radius 2 is 2.00 bits per heavy atom. The molecular weight excluding hydrogens is 246 g/mol. The van der Waals surface area contributed by atoms with Gasteiger partial charge in [0.2, 0.25) is 0 Å². The van der Waals surface area contributed by atoms with Crippen LogP contribution in [0.4, 0.5) is 0 Å². The number of rotatable bonds is 5. The highest BCUT2D eigenvalue weighted by Crippen LogP contribution is 2.28. The van der Waals surface area contributed by atoms with Crippen LogP contribution in [0.15, 0.2) is 24.3 Å². The average Bonchev–Trinajstić information content (AvgIpc) is 2.65. The molecule has 1 fully saturated rings. The summed E-state index contributed by atoms with van der Waals surface area (Å²) in [6.45, 7) is 7.41. The molecule has 1 aliphatic carbocycles. The van der Waals surface area contributed by atoms with Gasteiger partial charge in [0, 0.05) is 17.6 Å². The molecule has 2 nitrogen and oxygen atoms in total. The fourth-order valence-corrected chi connectivity index (χ4v) is 3.22. The van der Waals surface area contributed by atoms with Crippen molar-refractivity contribution in [1.29, 1.82) is 0 Å². The minimum Gasteiger partial charge on any atom is -0.494 e. The summed E-state index contributed by atoms with van der Waals surface area (Å²) >= 11 is 0.